The van der Waals surface area contributed by atoms with Crippen molar-refractivity contribution in [2.75, 3.05) is 26.8 Å². The first-order valence-electron chi connectivity index (χ1n) is 5.37. The molecule has 1 unspecified atom stereocenters. The highest BCUT2D eigenvalue weighted by molar-refractivity contribution is 5.73. The van der Waals surface area contributed by atoms with Crippen molar-refractivity contribution < 1.29 is 19.7 Å². The lowest BCUT2D eigenvalue weighted by atomic mass is 9.93. The number of ether oxygens (including phenoxy) is 1. The number of carboxylic acid groups (broad SMARTS) is 1. The summed E-state index contributed by atoms with van der Waals surface area (Å²) in [5, 5.41) is 21.8. The van der Waals surface area contributed by atoms with Crippen molar-refractivity contribution in [2.45, 2.75) is 32.8 Å². The molecule has 0 heterocycles. The van der Waals surface area contributed by atoms with E-state index in [2.05, 4.69) is 5.32 Å². The topological polar surface area (TPSA) is 78.8 Å². The summed E-state index contributed by atoms with van der Waals surface area (Å²) in [5.74, 6) is -0.850. The Hall–Kier alpha value is -0.650. The van der Waals surface area contributed by atoms with Gasteiger partial charge in [0.2, 0.25) is 0 Å². The zero-order valence-electron chi connectivity index (χ0n) is 10.5. The molecule has 0 fully saturated rings. The summed E-state index contributed by atoms with van der Waals surface area (Å²) in [6.45, 7) is 6.15. The van der Waals surface area contributed by atoms with E-state index in [0.29, 0.717) is 26.1 Å². The van der Waals surface area contributed by atoms with Gasteiger partial charge in [-0.2, -0.15) is 0 Å². The van der Waals surface area contributed by atoms with Gasteiger partial charge in [-0.05, 0) is 20.8 Å². The van der Waals surface area contributed by atoms with E-state index in [0.717, 1.165) is 0 Å². The SMILES string of the molecule is COCCC(C)(O)CNCC(C)(C)C(=O)O. The molecule has 0 aromatic heterocycles. The van der Waals surface area contributed by atoms with E-state index in [1.165, 1.54) is 0 Å². The molecular formula is C11H23NO4. The highest BCUT2D eigenvalue weighted by atomic mass is 16.5. The Morgan fingerprint density at radius 2 is 1.88 bits per heavy atom. The van der Waals surface area contributed by atoms with E-state index in [4.69, 9.17) is 9.84 Å². The zero-order valence-corrected chi connectivity index (χ0v) is 10.5. The second kappa shape index (κ2) is 6.18. The number of methoxy groups -OCH3 is 1. The summed E-state index contributed by atoms with van der Waals surface area (Å²) in [4.78, 5) is 10.8. The molecule has 0 radical (unpaired) electrons. The first kappa shape index (κ1) is 15.3. The third-order valence-electron chi connectivity index (χ3n) is 2.50. The maximum atomic E-state index is 10.8. The van der Waals surface area contributed by atoms with E-state index in [1.54, 1.807) is 27.9 Å². The zero-order chi connectivity index (χ0) is 12.8. The molecule has 0 saturated carbocycles. The van der Waals surface area contributed by atoms with Crippen LogP contribution in [0, 0.1) is 5.41 Å². The van der Waals surface area contributed by atoms with Crippen molar-refractivity contribution in [1.82, 2.24) is 5.32 Å². The van der Waals surface area contributed by atoms with Crippen molar-refractivity contribution in [3.05, 3.63) is 0 Å². The Labute approximate surface area is 96.8 Å². The summed E-state index contributed by atoms with van der Waals surface area (Å²) in [5.41, 5.74) is -1.69. The van der Waals surface area contributed by atoms with Gasteiger partial charge >= 0.3 is 5.97 Å². The first-order valence-corrected chi connectivity index (χ1v) is 5.37. The van der Waals surface area contributed by atoms with Crippen LogP contribution in [0.25, 0.3) is 0 Å². The van der Waals surface area contributed by atoms with Crippen LogP contribution in [-0.4, -0.2) is 48.6 Å². The van der Waals surface area contributed by atoms with Crippen LogP contribution in [0.2, 0.25) is 0 Å². The number of nitrogens with one attached hydrogen (secondary N) is 1. The lowest BCUT2D eigenvalue weighted by Crippen LogP contribution is -2.44. The molecule has 0 amide bonds. The van der Waals surface area contributed by atoms with Crippen molar-refractivity contribution in [2.24, 2.45) is 5.41 Å². The monoisotopic (exact) mass is 233 g/mol. The van der Waals surface area contributed by atoms with Crippen molar-refractivity contribution in [1.29, 1.82) is 0 Å². The average Bonchev–Trinajstić information content (AvgIpc) is 2.14. The summed E-state index contributed by atoms with van der Waals surface area (Å²) >= 11 is 0. The molecular weight excluding hydrogens is 210 g/mol. The average molecular weight is 233 g/mol. The van der Waals surface area contributed by atoms with Gasteiger partial charge in [0.05, 0.1) is 11.0 Å². The summed E-state index contributed by atoms with van der Waals surface area (Å²) in [6.07, 6.45) is 0.518. The third-order valence-corrected chi connectivity index (χ3v) is 2.50. The Bertz CT molecular complexity index is 226. The molecule has 0 aliphatic rings. The second-order valence-corrected chi connectivity index (χ2v) is 5.03. The van der Waals surface area contributed by atoms with Crippen LogP contribution < -0.4 is 5.32 Å². The van der Waals surface area contributed by atoms with Gasteiger partial charge in [-0.15, -0.1) is 0 Å². The fraction of sp³-hybridized carbons (Fsp3) is 0.909. The smallest absolute Gasteiger partial charge is 0.310 e. The predicted molar refractivity (Wildman–Crippen MR) is 61.4 cm³/mol. The molecule has 5 nitrogen and oxygen atoms in total. The number of aliphatic carboxylic acids is 1. The first-order chi connectivity index (χ1) is 7.21. The number of aliphatic hydroxyl groups is 1. The molecule has 0 saturated heterocycles. The molecule has 16 heavy (non-hydrogen) atoms. The number of hydrogen-bond donors (Lipinski definition) is 3. The lowest BCUT2D eigenvalue weighted by Gasteiger charge is -2.26. The van der Waals surface area contributed by atoms with Crippen LogP contribution in [0.4, 0.5) is 0 Å². The minimum absolute atomic E-state index is 0.325. The van der Waals surface area contributed by atoms with Crippen molar-refractivity contribution in [3.63, 3.8) is 0 Å². The Balaban J connectivity index is 3.93. The van der Waals surface area contributed by atoms with Crippen LogP contribution in [0.3, 0.4) is 0 Å². The van der Waals surface area contributed by atoms with Crippen LogP contribution in [0.5, 0.6) is 0 Å². The quantitative estimate of drug-likeness (QED) is 0.568. The predicted octanol–water partition coefficient (Wildman–Crippen LogP) is 0.474. The van der Waals surface area contributed by atoms with E-state index in [-0.39, 0.29) is 0 Å². The van der Waals surface area contributed by atoms with Gasteiger partial charge in [0.25, 0.3) is 0 Å². The molecule has 0 aliphatic carbocycles. The summed E-state index contributed by atoms with van der Waals surface area (Å²) in [6, 6.07) is 0. The Kier molecular flexibility index (Phi) is 5.92. The number of rotatable bonds is 8. The highest BCUT2D eigenvalue weighted by Gasteiger charge is 2.28. The molecule has 1 atom stereocenters. The Morgan fingerprint density at radius 1 is 1.31 bits per heavy atom. The summed E-state index contributed by atoms with van der Waals surface area (Å²) in [7, 11) is 1.58. The maximum Gasteiger partial charge on any atom is 0.310 e. The van der Waals surface area contributed by atoms with E-state index >= 15 is 0 Å². The molecule has 0 spiro atoms. The van der Waals surface area contributed by atoms with Crippen LogP contribution in [0.1, 0.15) is 27.2 Å². The van der Waals surface area contributed by atoms with Gasteiger partial charge in [-0.3, -0.25) is 4.79 Å². The van der Waals surface area contributed by atoms with Crippen molar-refractivity contribution in [3.8, 4) is 0 Å². The highest BCUT2D eigenvalue weighted by Crippen LogP contribution is 2.14. The molecule has 5 heteroatoms. The van der Waals surface area contributed by atoms with Gasteiger partial charge in [0.15, 0.2) is 0 Å². The fourth-order valence-corrected chi connectivity index (χ4v) is 1.13. The number of carboxylic acids is 1. The van der Waals surface area contributed by atoms with Gasteiger partial charge in [0, 0.05) is 33.2 Å². The standard InChI is InChI=1S/C11H23NO4/c1-10(2,9(13)14)7-12-8-11(3,15)5-6-16-4/h12,15H,5-8H2,1-4H3,(H,13,14). The minimum Gasteiger partial charge on any atom is -0.481 e. The van der Waals surface area contributed by atoms with Crippen molar-refractivity contribution >= 4 is 5.97 Å². The minimum atomic E-state index is -0.870. The van der Waals surface area contributed by atoms with E-state index in [9.17, 15) is 9.90 Å². The lowest BCUT2D eigenvalue weighted by molar-refractivity contribution is -0.146. The normalized spacial score (nSPS) is 15.8. The fourth-order valence-electron chi connectivity index (χ4n) is 1.13. The molecule has 3 N–H and O–H groups in total. The van der Waals surface area contributed by atoms with Crippen LogP contribution in [0.15, 0.2) is 0 Å². The Morgan fingerprint density at radius 3 is 2.31 bits per heavy atom. The second-order valence-electron chi connectivity index (χ2n) is 5.03. The molecule has 0 aromatic rings. The molecule has 0 rings (SSSR count). The summed E-state index contributed by atoms with van der Waals surface area (Å²) < 4.78 is 4.88. The maximum absolute atomic E-state index is 10.8. The molecule has 0 bridgehead atoms. The van der Waals surface area contributed by atoms with Gasteiger partial charge in [0.1, 0.15) is 0 Å². The van der Waals surface area contributed by atoms with Gasteiger partial charge in [-0.25, -0.2) is 0 Å². The van der Waals surface area contributed by atoms with Crippen LogP contribution >= 0.6 is 0 Å². The van der Waals surface area contributed by atoms with E-state index < -0.39 is 17.0 Å². The molecule has 96 valence electrons. The van der Waals surface area contributed by atoms with Gasteiger partial charge < -0.3 is 20.3 Å². The number of carbonyl (C=O) groups is 1. The number of hydrogen-bond acceptors (Lipinski definition) is 4. The third kappa shape index (κ3) is 6.05. The van der Waals surface area contributed by atoms with Gasteiger partial charge in [-0.1, -0.05) is 0 Å². The van der Waals surface area contributed by atoms with E-state index in [1.807, 2.05) is 0 Å². The largest absolute Gasteiger partial charge is 0.481 e. The molecule has 0 aliphatic heterocycles. The molecule has 0 aromatic carbocycles. The van der Waals surface area contributed by atoms with Crippen LogP contribution in [-0.2, 0) is 9.53 Å².